The van der Waals surface area contributed by atoms with E-state index in [0.717, 1.165) is 41.0 Å². The van der Waals surface area contributed by atoms with E-state index in [1.165, 1.54) is 6.92 Å². The zero-order valence-corrected chi connectivity index (χ0v) is 15.1. The number of carbonyl (C=O) groups excluding carboxylic acids is 1. The first-order valence-electron chi connectivity index (χ1n) is 7.75. The zero-order chi connectivity index (χ0) is 17.2. The van der Waals surface area contributed by atoms with Crippen molar-refractivity contribution < 1.29 is 9.53 Å². The van der Waals surface area contributed by atoms with Crippen molar-refractivity contribution in [1.29, 1.82) is 0 Å². The molecule has 0 aliphatic rings. The Morgan fingerprint density at radius 3 is 2.12 bits per heavy atom. The van der Waals surface area contributed by atoms with Crippen LogP contribution in [0.15, 0.2) is 58.8 Å². The van der Waals surface area contributed by atoms with Crippen LogP contribution in [0.3, 0.4) is 0 Å². The number of unbranched alkanes of at least 4 members (excludes halogenated alkanes) is 1. The molecule has 0 atom stereocenters. The predicted molar refractivity (Wildman–Crippen MR) is 99.9 cm³/mol. The van der Waals surface area contributed by atoms with Gasteiger partial charge in [-0.3, -0.25) is 4.79 Å². The van der Waals surface area contributed by atoms with E-state index in [1.54, 1.807) is 24.3 Å². The van der Waals surface area contributed by atoms with Gasteiger partial charge in [-0.15, -0.1) is 0 Å². The van der Waals surface area contributed by atoms with E-state index in [1.807, 2.05) is 24.3 Å². The van der Waals surface area contributed by atoms with Gasteiger partial charge in [0, 0.05) is 17.9 Å². The number of rotatable bonds is 8. The lowest BCUT2D eigenvalue weighted by Crippen LogP contribution is -2.04. The highest BCUT2D eigenvalue weighted by atomic mass is 79.9. The second-order valence-corrected chi connectivity index (χ2v) is 5.96. The quantitative estimate of drug-likeness (QED) is 0.362. The van der Waals surface area contributed by atoms with Crippen LogP contribution < -0.4 is 10.1 Å². The molecule has 1 amide bonds. The molecular formula is C18H20BrN3O2. The van der Waals surface area contributed by atoms with Crippen LogP contribution in [-0.2, 0) is 4.79 Å². The molecule has 0 unspecified atom stereocenters. The number of azo groups is 1. The van der Waals surface area contributed by atoms with Gasteiger partial charge in [0.1, 0.15) is 5.75 Å². The minimum Gasteiger partial charge on any atom is -0.494 e. The Morgan fingerprint density at radius 1 is 1.00 bits per heavy atom. The van der Waals surface area contributed by atoms with Crippen LogP contribution in [0, 0.1) is 0 Å². The van der Waals surface area contributed by atoms with Gasteiger partial charge in [0.25, 0.3) is 0 Å². The lowest BCUT2D eigenvalue weighted by molar-refractivity contribution is -0.114. The first-order valence-corrected chi connectivity index (χ1v) is 8.88. The van der Waals surface area contributed by atoms with E-state index in [9.17, 15) is 4.79 Å². The maximum Gasteiger partial charge on any atom is 0.221 e. The molecule has 0 aliphatic heterocycles. The Bertz CT molecular complexity index is 670. The van der Waals surface area contributed by atoms with Crippen molar-refractivity contribution in [1.82, 2.24) is 0 Å². The standard InChI is InChI=1S/C18H20BrN3O2/c1-14(23)20-15-4-6-16(7-5-15)21-22-17-8-10-18(11-9-17)24-13-3-2-12-19/h4-11H,2-3,12-13H2,1H3,(H,20,23). The summed E-state index contributed by atoms with van der Waals surface area (Å²) in [5, 5.41) is 12.1. The normalized spacial score (nSPS) is 10.8. The fourth-order valence-corrected chi connectivity index (χ4v) is 2.32. The number of hydrogen-bond donors (Lipinski definition) is 1. The molecular weight excluding hydrogens is 370 g/mol. The maximum absolute atomic E-state index is 11.0. The second-order valence-electron chi connectivity index (χ2n) is 5.17. The first kappa shape index (κ1) is 18.1. The number of amides is 1. The van der Waals surface area contributed by atoms with Gasteiger partial charge in [0.05, 0.1) is 18.0 Å². The minimum atomic E-state index is -0.0983. The van der Waals surface area contributed by atoms with E-state index in [-0.39, 0.29) is 5.91 Å². The van der Waals surface area contributed by atoms with Gasteiger partial charge >= 0.3 is 0 Å². The highest BCUT2D eigenvalue weighted by Gasteiger charge is 1.97. The Labute approximate surface area is 150 Å². The molecule has 126 valence electrons. The third-order valence-electron chi connectivity index (χ3n) is 3.10. The number of carbonyl (C=O) groups is 1. The molecule has 0 aliphatic carbocycles. The maximum atomic E-state index is 11.0. The molecule has 0 bridgehead atoms. The summed E-state index contributed by atoms with van der Waals surface area (Å²) < 4.78 is 5.64. The number of alkyl halides is 1. The predicted octanol–water partition coefficient (Wildman–Crippen LogP) is 5.61. The monoisotopic (exact) mass is 389 g/mol. The molecule has 6 heteroatoms. The van der Waals surface area contributed by atoms with Crippen LogP contribution in [0.25, 0.3) is 0 Å². The van der Waals surface area contributed by atoms with Crippen molar-refractivity contribution in [2.45, 2.75) is 19.8 Å². The molecule has 5 nitrogen and oxygen atoms in total. The lowest BCUT2D eigenvalue weighted by atomic mass is 10.3. The number of anilines is 1. The highest BCUT2D eigenvalue weighted by molar-refractivity contribution is 9.09. The summed E-state index contributed by atoms with van der Waals surface area (Å²) in [5.41, 5.74) is 2.22. The van der Waals surface area contributed by atoms with Crippen LogP contribution in [-0.4, -0.2) is 17.8 Å². The molecule has 1 N–H and O–H groups in total. The van der Waals surface area contributed by atoms with E-state index >= 15 is 0 Å². The molecule has 0 saturated carbocycles. The average Bonchev–Trinajstić information content (AvgIpc) is 2.59. The van der Waals surface area contributed by atoms with E-state index in [0.29, 0.717) is 6.61 Å². The topological polar surface area (TPSA) is 63.0 Å². The van der Waals surface area contributed by atoms with Gasteiger partial charge in [-0.05, 0) is 61.4 Å². The largest absolute Gasteiger partial charge is 0.494 e. The van der Waals surface area contributed by atoms with Crippen molar-refractivity contribution in [3.8, 4) is 5.75 Å². The van der Waals surface area contributed by atoms with Gasteiger partial charge in [0.2, 0.25) is 5.91 Å². The molecule has 24 heavy (non-hydrogen) atoms. The lowest BCUT2D eigenvalue weighted by Gasteiger charge is -2.05. The first-order chi connectivity index (χ1) is 11.7. The van der Waals surface area contributed by atoms with Crippen LogP contribution in [0.1, 0.15) is 19.8 Å². The number of nitrogens with zero attached hydrogens (tertiary/aromatic N) is 2. The van der Waals surface area contributed by atoms with Crippen LogP contribution in [0.2, 0.25) is 0 Å². The van der Waals surface area contributed by atoms with Crippen molar-refractivity contribution in [2.24, 2.45) is 10.2 Å². The van der Waals surface area contributed by atoms with E-state index in [4.69, 9.17) is 4.74 Å². The Kier molecular flexibility index (Phi) is 7.42. The Balaban J connectivity index is 1.88. The van der Waals surface area contributed by atoms with Crippen molar-refractivity contribution in [3.63, 3.8) is 0 Å². The number of nitrogens with one attached hydrogen (secondary N) is 1. The smallest absolute Gasteiger partial charge is 0.221 e. The summed E-state index contributed by atoms with van der Waals surface area (Å²) >= 11 is 3.40. The molecule has 0 heterocycles. The summed E-state index contributed by atoms with van der Waals surface area (Å²) in [6.07, 6.45) is 2.13. The molecule has 0 fully saturated rings. The SMILES string of the molecule is CC(=O)Nc1ccc(N=Nc2ccc(OCCCCBr)cc2)cc1. The number of halogens is 1. The highest BCUT2D eigenvalue weighted by Crippen LogP contribution is 2.22. The zero-order valence-electron chi connectivity index (χ0n) is 13.5. The summed E-state index contributed by atoms with van der Waals surface area (Å²) in [6, 6.07) is 14.7. The van der Waals surface area contributed by atoms with Gasteiger partial charge < -0.3 is 10.1 Å². The summed E-state index contributed by atoms with van der Waals surface area (Å²) in [4.78, 5) is 11.0. The number of benzene rings is 2. The van der Waals surface area contributed by atoms with Crippen LogP contribution in [0.5, 0.6) is 5.75 Å². The van der Waals surface area contributed by atoms with Gasteiger partial charge in [-0.1, -0.05) is 15.9 Å². The third-order valence-corrected chi connectivity index (χ3v) is 3.66. The minimum absolute atomic E-state index is 0.0983. The van der Waals surface area contributed by atoms with Gasteiger partial charge in [-0.2, -0.15) is 10.2 Å². The molecule has 2 rings (SSSR count). The Hall–Kier alpha value is -2.21. The second kappa shape index (κ2) is 9.82. The molecule has 0 radical (unpaired) electrons. The van der Waals surface area contributed by atoms with E-state index < -0.39 is 0 Å². The summed E-state index contributed by atoms with van der Waals surface area (Å²) in [5.74, 6) is 0.738. The van der Waals surface area contributed by atoms with Crippen molar-refractivity contribution in [2.75, 3.05) is 17.3 Å². The van der Waals surface area contributed by atoms with Crippen LogP contribution in [0.4, 0.5) is 17.1 Å². The van der Waals surface area contributed by atoms with Crippen LogP contribution >= 0.6 is 15.9 Å². The Morgan fingerprint density at radius 2 is 1.58 bits per heavy atom. The van der Waals surface area contributed by atoms with Crippen molar-refractivity contribution in [3.05, 3.63) is 48.5 Å². The molecule has 2 aromatic rings. The van der Waals surface area contributed by atoms with Gasteiger partial charge in [-0.25, -0.2) is 0 Å². The van der Waals surface area contributed by atoms with Crippen molar-refractivity contribution >= 4 is 38.9 Å². The number of hydrogen-bond acceptors (Lipinski definition) is 4. The fraction of sp³-hybridized carbons (Fsp3) is 0.278. The molecule has 0 aromatic heterocycles. The molecule has 0 spiro atoms. The van der Waals surface area contributed by atoms with Gasteiger partial charge in [0.15, 0.2) is 0 Å². The average molecular weight is 390 g/mol. The summed E-state index contributed by atoms with van der Waals surface area (Å²) in [6.45, 7) is 2.19. The molecule has 0 saturated heterocycles. The van der Waals surface area contributed by atoms with E-state index in [2.05, 4.69) is 31.5 Å². The fourth-order valence-electron chi connectivity index (χ4n) is 1.93. The summed E-state index contributed by atoms with van der Waals surface area (Å²) in [7, 11) is 0. The molecule has 2 aromatic carbocycles. The number of ether oxygens (including phenoxy) is 1. The third kappa shape index (κ3) is 6.50.